The van der Waals surface area contributed by atoms with E-state index < -0.39 is 0 Å². The maximum atomic E-state index is 5.25. The molecule has 1 N–H and O–H groups in total. The summed E-state index contributed by atoms with van der Waals surface area (Å²) in [5.41, 5.74) is 8.90. The average Bonchev–Trinajstić information content (AvgIpc) is 3.48. The fourth-order valence-corrected chi connectivity index (χ4v) is 6.86. The van der Waals surface area contributed by atoms with Gasteiger partial charge >= 0.3 is 0 Å². The van der Waals surface area contributed by atoms with E-state index in [2.05, 4.69) is 143 Å². The molecule has 0 radical (unpaired) electrons. The number of hydrogen-bond acceptors (Lipinski definition) is 3. The third kappa shape index (κ3) is 4.70. The topological polar surface area (TPSA) is 41.7 Å². The second-order valence-corrected chi connectivity index (χ2v) is 11.9. The van der Waals surface area contributed by atoms with Crippen LogP contribution < -0.4 is 5.32 Å². The summed E-state index contributed by atoms with van der Waals surface area (Å²) in [7, 11) is 0. The predicted octanol–water partition coefficient (Wildman–Crippen LogP) is 10.1. The lowest BCUT2D eigenvalue weighted by Crippen LogP contribution is -2.34. The second kappa shape index (κ2) is 11.3. The molecule has 4 nitrogen and oxygen atoms in total. The van der Waals surface area contributed by atoms with Crippen LogP contribution in [0, 0.1) is 0 Å². The molecule has 1 aromatic heterocycles. The van der Waals surface area contributed by atoms with Crippen LogP contribution >= 0.6 is 0 Å². The number of aromatic nitrogens is 1. The Balaban J connectivity index is 1.31. The Kier molecular flexibility index (Phi) is 6.50. The van der Waals surface area contributed by atoms with Crippen LogP contribution in [0.25, 0.3) is 49.4 Å². The van der Waals surface area contributed by atoms with Gasteiger partial charge in [0, 0.05) is 27.5 Å². The number of hydrogen-bond donors (Lipinski definition) is 1. The molecular formula is C43H30N4. The Morgan fingerprint density at radius 3 is 1.87 bits per heavy atom. The maximum absolute atomic E-state index is 5.25. The summed E-state index contributed by atoms with van der Waals surface area (Å²) in [4.78, 5) is 10.3. The SMILES string of the molecule is c1ccc(C2=NC(c3ccccc3-n3c4cc5ccccc5cc4c4c(-c5ccccc5)cccc43)NC(c3ccccc3)=N2)cc1. The van der Waals surface area contributed by atoms with E-state index in [-0.39, 0.29) is 6.17 Å². The van der Waals surface area contributed by atoms with Gasteiger partial charge in [-0.3, -0.25) is 0 Å². The summed E-state index contributed by atoms with van der Waals surface area (Å²) >= 11 is 0. The van der Waals surface area contributed by atoms with Gasteiger partial charge in [0.25, 0.3) is 0 Å². The maximum Gasteiger partial charge on any atom is 0.159 e. The summed E-state index contributed by atoms with van der Waals surface area (Å²) in [5.74, 6) is 1.52. The van der Waals surface area contributed by atoms with Crippen molar-refractivity contribution >= 4 is 44.2 Å². The van der Waals surface area contributed by atoms with E-state index in [4.69, 9.17) is 9.98 Å². The number of fused-ring (bicyclic) bond motifs is 4. The third-order valence-electron chi connectivity index (χ3n) is 9.04. The molecule has 4 heteroatoms. The molecule has 9 rings (SSSR count). The molecule has 2 heterocycles. The van der Waals surface area contributed by atoms with Gasteiger partial charge in [0.15, 0.2) is 5.84 Å². The molecule has 1 aliphatic rings. The van der Waals surface area contributed by atoms with E-state index in [0.717, 1.165) is 39.2 Å². The molecule has 47 heavy (non-hydrogen) atoms. The molecule has 0 aliphatic carbocycles. The third-order valence-corrected chi connectivity index (χ3v) is 9.04. The van der Waals surface area contributed by atoms with Crippen molar-refractivity contribution < 1.29 is 0 Å². The molecule has 0 amide bonds. The van der Waals surface area contributed by atoms with E-state index in [1.165, 1.54) is 32.7 Å². The summed E-state index contributed by atoms with van der Waals surface area (Å²) in [5, 5.41) is 8.60. The monoisotopic (exact) mass is 602 g/mol. The lowest BCUT2D eigenvalue weighted by atomic mass is 9.98. The van der Waals surface area contributed by atoms with Gasteiger partial charge in [-0.25, -0.2) is 9.98 Å². The first-order valence-electron chi connectivity index (χ1n) is 16.0. The number of nitrogens with one attached hydrogen (secondary N) is 1. The minimum Gasteiger partial charge on any atom is -0.344 e. The van der Waals surface area contributed by atoms with Crippen LogP contribution in [0.1, 0.15) is 22.9 Å². The van der Waals surface area contributed by atoms with E-state index >= 15 is 0 Å². The lowest BCUT2D eigenvalue weighted by Gasteiger charge is -2.26. The van der Waals surface area contributed by atoms with Crippen LogP contribution in [-0.4, -0.2) is 16.2 Å². The zero-order chi connectivity index (χ0) is 31.2. The highest BCUT2D eigenvalue weighted by Crippen LogP contribution is 2.41. The molecule has 0 bridgehead atoms. The van der Waals surface area contributed by atoms with Crippen molar-refractivity contribution in [2.24, 2.45) is 9.98 Å². The zero-order valence-corrected chi connectivity index (χ0v) is 25.6. The minimum absolute atomic E-state index is 0.362. The summed E-state index contributed by atoms with van der Waals surface area (Å²) in [6.45, 7) is 0. The minimum atomic E-state index is -0.362. The van der Waals surface area contributed by atoms with Gasteiger partial charge in [0.1, 0.15) is 12.0 Å². The van der Waals surface area contributed by atoms with Crippen molar-refractivity contribution in [1.29, 1.82) is 0 Å². The van der Waals surface area contributed by atoms with Gasteiger partial charge in [-0.1, -0.05) is 146 Å². The fraction of sp³-hybridized carbons (Fsp3) is 0.0233. The molecule has 0 fully saturated rings. The van der Waals surface area contributed by atoms with Gasteiger partial charge in [-0.2, -0.15) is 0 Å². The van der Waals surface area contributed by atoms with Crippen LogP contribution in [0.4, 0.5) is 0 Å². The predicted molar refractivity (Wildman–Crippen MR) is 196 cm³/mol. The Labute approximate surface area is 273 Å². The van der Waals surface area contributed by atoms with Crippen LogP contribution in [-0.2, 0) is 0 Å². The summed E-state index contributed by atoms with van der Waals surface area (Å²) < 4.78 is 2.42. The van der Waals surface area contributed by atoms with Crippen molar-refractivity contribution in [3.05, 3.63) is 187 Å². The largest absolute Gasteiger partial charge is 0.344 e. The van der Waals surface area contributed by atoms with E-state index in [9.17, 15) is 0 Å². The highest BCUT2D eigenvalue weighted by Gasteiger charge is 2.25. The van der Waals surface area contributed by atoms with Gasteiger partial charge in [-0.15, -0.1) is 0 Å². The number of para-hydroxylation sites is 1. The number of benzene rings is 7. The highest BCUT2D eigenvalue weighted by atomic mass is 15.2. The van der Waals surface area contributed by atoms with Crippen molar-refractivity contribution in [1.82, 2.24) is 9.88 Å². The van der Waals surface area contributed by atoms with Crippen LogP contribution in [0.5, 0.6) is 0 Å². The van der Waals surface area contributed by atoms with Gasteiger partial charge < -0.3 is 9.88 Å². The van der Waals surface area contributed by atoms with Crippen LogP contribution in [0.15, 0.2) is 180 Å². The molecule has 1 atom stereocenters. The van der Waals surface area contributed by atoms with Crippen molar-refractivity contribution in [3.63, 3.8) is 0 Å². The molecule has 8 aromatic rings. The Bertz CT molecular complexity index is 2480. The van der Waals surface area contributed by atoms with E-state index in [1.54, 1.807) is 0 Å². The normalized spacial score (nSPS) is 14.6. The van der Waals surface area contributed by atoms with Crippen molar-refractivity contribution in [3.8, 4) is 16.8 Å². The number of amidine groups is 2. The molecule has 1 aliphatic heterocycles. The number of nitrogens with zero attached hydrogens (tertiary/aromatic N) is 3. The molecule has 0 spiro atoms. The molecular weight excluding hydrogens is 573 g/mol. The molecule has 7 aromatic carbocycles. The first kappa shape index (κ1) is 27.1. The lowest BCUT2D eigenvalue weighted by molar-refractivity contribution is 0.670. The summed E-state index contributed by atoms with van der Waals surface area (Å²) in [6, 6.07) is 59.8. The Morgan fingerprint density at radius 1 is 0.511 bits per heavy atom. The quantitative estimate of drug-likeness (QED) is 0.209. The molecule has 0 saturated heterocycles. The second-order valence-electron chi connectivity index (χ2n) is 11.9. The summed E-state index contributed by atoms with van der Waals surface area (Å²) in [6.07, 6.45) is -0.362. The Hall–Kier alpha value is -6.26. The first-order valence-corrected chi connectivity index (χ1v) is 16.0. The van der Waals surface area contributed by atoms with Crippen LogP contribution in [0.2, 0.25) is 0 Å². The molecule has 222 valence electrons. The first-order chi connectivity index (χ1) is 23.3. The van der Waals surface area contributed by atoms with Gasteiger partial charge in [0.2, 0.25) is 0 Å². The average molecular weight is 603 g/mol. The van der Waals surface area contributed by atoms with Gasteiger partial charge in [0.05, 0.1) is 16.7 Å². The fourth-order valence-electron chi connectivity index (χ4n) is 6.86. The van der Waals surface area contributed by atoms with E-state index in [1.807, 2.05) is 36.4 Å². The highest BCUT2D eigenvalue weighted by molar-refractivity contribution is 6.19. The van der Waals surface area contributed by atoms with Gasteiger partial charge in [-0.05, 0) is 46.2 Å². The molecule has 1 unspecified atom stereocenters. The smallest absolute Gasteiger partial charge is 0.159 e. The van der Waals surface area contributed by atoms with Crippen molar-refractivity contribution in [2.75, 3.05) is 0 Å². The Morgan fingerprint density at radius 2 is 1.13 bits per heavy atom. The standard InChI is InChI=1S/C43H30N4/c1-4-15-29(16-5-1)34-24-14-26-38-40(34)36-27-32-21-10-11-22-33(32)28-39(36)47(38)37-25-13-12-23-35(37)43-45-41(30-17-6-2-7-18-30)44-42(46-43)31-19-8-3-9-20-31/h1-28,43H,(H,44,45,46). The number of rotatable bonds is 5. The molecule has 0 saturated carbocycles. The number of aliphatic imine (C=N–C) groups is 2. The van der Waals surface area contributed by atoms with Crippen LogP contribution in [0.3, 0.4) is 0 Å². The van der Waals surface area contributed by atoms with E-state index in [0.29, 0.717) is 5.84 Å². The zero-order valence-electron chi connectivity index (χ0n) is 25.6. The van der Waals surface area contributed by atoms with Crippen molar-refractivity contribution in [2.45, 2.75) is 6.17 Å².